The number of benzene rings is 1. The molecule has 1 aromatic carbocycles. The number of guanidine groups is 1. The molecule has 2 aliphatic heterocycles. The molecule has 2 fully saturated rings. The molecule has 0 radical (unpaired) electrons. The van der Waals surface area contributed by atoms with Gasteiger partial charge in [0.25, 0.3) is 0 Å². The van der Waals surface area contributed by atoms with Gasteiger partial charge in [0.1, 0.15) is 5.76 Å². The Morgan fingerprint density at radius 2 is 2.07 bits per heavy atom. The monoisotopic (exact) mass is 544 g/mol. The summed E-state index contributed by atoms with van der Waals surface area (Å²) < 4.78 is 10.9. The Morgan fingerprint density at radius 1 is 1.20 bits per heavy atom. The highest BCUT2D eigenvalue weighted by molar-refractivity contribution is 14.0. The molecule has 2 unspecified atom stereocenters. The summed E-state index contributed by atoms with van der Waals surface area (Å²) in [6.45, 7) is 5.23. The van der Waals surface area contributed by atoms with E-state index in [1.165, 1.54) is 5.69 Å². The number of aliphatic imine (C=N–C) groups is 1. The molecule has 0 aliphatic carbocycles. The van der Waals surface area contributed by atoms with E-state index in [4.69, 9.17) is 25.7 Å². The van der Waals surface area contributed by atoms with Crippen molar-refractivity contribution in [2.45, 2.75) is 25.3 Å². The van der Waals surface area contributed by atoms with Crippen LogP contribution >= 0.6 is 35.6 Å². The van der Waals surface area contributed by atoms with Gasteiger partial charge in [0, 0.05) is 61.9 Å². The normalized spacial score (nSPS) is 21.5. The van der Waals surface area contributed by atoms with Crippen molar-refractivity contribution in [1.82, 2.24) is 10.6 Å². The van der Waals surface area contributed by atoms with E-state index in [0.29, 0.717) is 12.0 Å². The Morgan fingerprint density at radius 3 is 2.80 bits per heavy atom. The lowest BCUT2D eigenvalue weighted by Crippen LogP contribution is -2.45. The van der Waals surface area contributed by atoms with Gasteiger partial charge in [-0.15, -0.1) is 24.0 Å². The number of ether oxygens (including phenoxy) is 1. The molecule has 2 atom stereocenters. The van der Waals surface area contributed by atoms with Gasteiger partial charge in [0.05, 0.1) is 12.9 Å². The van der Waals surface area contributed by atoms with Crippen molar-refractivity contribution in [3.8, 4) is 0 Å². The third kappa shape index (κ3) is 6.78. The molecule has 2 aromatic rings. The summed E-state index contributed by atoms with van der Waals surface area (Å²) >= 11 is 6.02. The number of anilines is 1. The van der Waals surface area contributed by atoms with E-state index in [1.807, 2.05) is 24.3 Å². The van der Waals surface area contributed by atoms with E-state index in [0.717, 1.165) is 75.4 Å². The number of furan rings is 1. The van der Waals surface area contributed by atoms with Crippen molar-refractivity contribution >= 4 is 47.2 Å². The Bertz CT molecular complexity index is 779. The van der Waals surface area contributed by atoms with Gasteiger partial charge < -0.3 is 24.7 Å². The highest BCUT2D eigenvalue weighted by Crippen LogP contribution is 2.22. The van der Waals surface area contributed by atoms with Gasteiger partial charge in [0.2, 0.25) is 0 Å². The zero-order chi connectivity index (χ0) is 19.9. The Kier molecular flexibility index (Phi) is 9.14. The summed E-state index contributed by atoms with van der Waals surface area (Å²) in [5.74, 6) is 2.38. The molecule has 2 saturated heterocycles. The molecule has 164 valence electrons. The summed E-state index contributed by atoms with van der Waals surface area (Å²) in [5.41, 5.74) is 1.21. The molecule has 4 rings (SSSR count). The Balaban J connectivity index is 0.00000256. The molecule has 0 amide bonds. The molecule has 0 bridgehead atoms. The quantitative estimate of drug-likeness (QED) is 0.314. The van der Waals surface area contributed by atoms with Gasteiger partial charge in [-0.25, -0.2) is 0 Å². The molecule has 2 N–H and O–H groups in total. The Hall–Kier alpha value is -1.45. The molecular formula is C22H30ClIN4O2. The minimum Gasteiger partial charge on any atom is -0.469 e. The van der Waals surface area contributed by atoms with Gasteiger partial charge in [-0.1, -0.05) is 11.6 Å². The van der Waals surface area contributed by atoms with E-state index < -0.39 is 0 Å². The van der Waals surface area contributed by atoms with Crippen LogP contribution in [0.3, 0.4) is 0 Å². The van der Waals surface area contributed by atoms with E-state index in [1.54, 1.807) is 6.26 Å². The zero-order valence-electron chi connectivity index (χ0n) is 17.1. The zero-order valence-corrected chi connectivity index (χ0v) is 20.1. The lowest BCUT2D eigenvalue weighted by molar-refractivity contribution is 0.187. The minimum atomic E-state index is 0. The molecule has 8 heteroatoms. The second kappa shape index (κ2) is 11.8. The van der Waals surface area contributed by atoms with Crippen LogP contribution in [0.2, 0.25) is 5.02 Å². The first-order valence-corrected chi connectivity index (χ1v) is 10.8. The molecule has 3 heterocycles. The van der Waals surface area contributed by atoms with Crippen LogP contribution in [0.25, 0.3) is 0 Å². The van der Waals surface area contributed by atoms with Crippen molar-refractivity contribution < 1.29 is 9.15 Å². The topological polar surface area (TPSA) is 62.0 Å². The summed E-state index contributed by atoms with van der Waals surface area (Å²) in [6.07, 6.45) is 4.72. The maximum Gasteiger partial charge on any atom is 0.191 e. The van der Waals surface area contributed by atoms with Gasteiger partial charge >= 0.3 is 0 Å². The third-order valence-electron chi connectivity index (χ3n) is 5.50. The SMILES string of the molecule is Clc1ccc(N2CCC(NC(=NCC3CCOC3)NCCc3ccco3)C2)cc1.I. The number of rotatable bonds is 7. The van der Waals surface area contributed by atoms with Crippen LogP contribution in [0.15, 0.2) is 52.1 Å². The van der Waals surface area contributed by atoms with Crippen LogP contribution in [0.4, 0.5) is 5.69 Å². The van der Waals surface area contributed by atoms with Crippen molar-refractivity contribution in [2.24, 2.45) is 10.9 Å². The molecule has 6 nitrogen and oxygen atoms in total. The maximum atomic E-state index is 6.02. The number of nitrogens with one attached hydrogen (secondary N) is 2. The van der Waals surface area contributed by atoms with Crippen molar-refractivity contribution in [3.63, 3.8) is 0 Å². The molecule has 2 aliphatic rings. The first kappa shape index (κ1) is 23.2. The standard InChI is InChI=1S/C22H29ClN4O2.HI/c23-18-3-5-20(6-4-18)27-11-8-19(15-27)26-22(25-14-17-9-13-28-16-17)24-10-7-21-2-1-12-29-21;/h1-6,12,17,19H,7-11,13-16H2,(H2,24,25,26);1H. The summed E-state index contributed by atoms with van der Waals surface area (Å²) in [4.78, 5) is 7.23. The van der Waals surface area contributed by atoms with Gasteiger partial charge in [-0.05, 0) is 49.2 Å². The van der Waals surface area contributed by atoms with E-state index in [9.17, 15) is 0 Å². The lowest BCUT2D eigenvalue weighted by Gasteiger charge is -2.21. The van der Waals surface area contributed by atoms with Crippen LogP contribution in [-0.4, -0.2) is 51.4 Å². The van der Waals surface area contributed by atoms with Crippen molar-refractivity contribution in [3.05, 3.63) is 53.4 Å². The first-order chi connectivity index (χ1) is 14.3. The first-order valence-electron chi connectivity index (χ1n) is 10.4. The molecule has 0 saturated carbocycles. The fourth-order valence-electron chi connectivity index (χ4n) is 3.82. The van der Waals surface area contributed by atoms with Crippen LogP contribution in [0.5, 0.6) is 0 Å². The predicted octanol–water partition coefficient (Wildman–Crippen LogP) is 3.94. The van der Waals surface area contributed by atoms with Crippen LogP contribution in [0, 0.1) is 5.92 Å². The molecule has 30 heavy (non-hydrogen) atoms. The highest BCUT2D eigenvalue weighted by atomic mass is 127. The van der Waals surface area contributed by atoms with Crippen LogP contribution in [-0.2, 0) is 11.2 Å². The van der Waals surface area contributed by atoms with Crippen LogP contribution < -0.4 is 15.5 Å². The molecule has 0 spiro atoms. The lowest BCUT2D eigenvalue weighted by atomic mass is 10.1. The largest absolute Gasteiger partial charge is 0.469 e. The van der Waals surface area contributed by atoms with Crippen molar-refractivity contribution in [1.29, 1.82) is 0 Å². The number of hydrogen-bond donors (Lipinski definition) is 2. The van der Waals surface area contributed by atoms with E-state index in [2.05, 4.69) is 27.7 Å². The maximum absolute atomic E-state index is 6.02. The second-order valence-electron chi connectivity index (χ2n) is 7.73. The Labute approximate surface area is 200 Å². The van der Waals surface area contributed by atoms with E-state index in [-0.39, 0.29) is 24.0 Å². The summed E-state index contributed by atoms with van der Waals surface area (Å²) in [6, 6.07) is 12.4. The highest BCUT2D eigenvalue weighted by Gasteiger charge is 2.24. The van der Waals surface area contributed by atoms with Crippen molar-refractivity contribution in [2.75, 3.05) is 44.3 Å². The fourth-order valence-corrected chi connectivity index (χ4v) is 3.94. The predicted molar refractivity (Wildman–Crippen MR) is 132 cm³/mol. The van der Waals surface area contributed by atoms with Gasteiger partial charge in [-0.2, -0.15) is 0 Å². The number of hydrogen-bond acceptors (Lipinski definition) is 4. The average Bonchev–Trinajstić information content (AvgIpc) is 3.49. The average molecular weight is 545 g/mol. The summed E-state index contributed by atoms with van der Waals surface area (Å²) in [7, 11) is 0. The smallest absolute Gasteiger partial charge is 0.191 e. The minimum absolute atomic E-state index is 0. The van der Waals surface area contributed by atoms with Gasteiger partial charge in [-0.3, -0.25) is 4.99 Å². The molecule has 1 aromatic heterocycles. The number of nitrogens with zero attached hydrogens (tertiary/aromatic N) is 2. The summed E-state index contributed by atoms with van der Waals surface area (Å²) in [5, 5.41) is 7.88. The van der Waals surface area contributed by atoms with Gasteiger partial charge in [0.15, 0.2) is 5.96 Å². The number of halogens is 2. The third-order valence-corrected chi connectivity index (χ3v) is 5.75. The van der Waals surface area contributed by atoms with Crippen LogP contribution in [0.1, 0.15) is 18.6 Å². The van der Waals surface area contributed by atoms with E-state index >= 15 is 0 Å². The second-order valence-corrected chi connectivity index (χ2v) is 8.16. The fraction of sp³-hybridized carbons (Fsp3) is 0.500. The molecular weight excluding hydrogens is 515 g/mol.